The summed E-state index contributed by atoms with van der Waals surface area (Å²) in [6.07, 6.45) is 14.0. The first-order valence-corrected chi connectivity index (χ1v) is 28.6. The molecule has 6 aliphatic heterocycles. The highest BCUT2D eigenvalue weighted by Crippen LogP contribution is 2.59. The molecule has 2 unspecified atom stereocenters. The van der Waals surface area contributed by atoms with Gasteiger partial charge in [0.05, 0.1) is 29.1 Å². The number of nitrogens with one attached hydrogen (secondary N) is 2. The van der Waals surface area contributed by atoms with Gasteiger partial charge in [-0.05, 0) is 117 Å². The number of carbonyl (C=O) groups is 1. The fraction of sp³-hybridized carbons (Fsp3) is 0.459. The van der Waals surface area contributed by atoms with Crippen LogP contribution in [0.5, 0.6) is 11.6 Å². The second kappa shape index (κ2) is 20.0. The second-order valence-corrected chi connectivity index (χ2v) is 23.9. The monoisotopic (exact) mass is 1080 g/mol. The van der Waals surface area contributed by atoms with Gasteiger partial charge in [-0.15, -0.1) is 10.2 Å². The number of piperidine rings is 2. The first kappa shape index (κ1) is 50.7. The van der Waals surface area contributed by atoms with Crippen molar-refractivity contribution < 1.29 is 33.5 Å². The predicted molar refractivity (Wildman–Crippen MR) is 297 cm³/mol. The molecule has 414 valence electrons. The molecule has 4 N–H and O–H groups in total. The van der Waals surface area contributed by atoms with Crippen molar-refractivity contribution in [2.24, 2.45) is 11.1 Å². The molecule has 4 aromatic heterocycles. The third-order valence-electron chi connectivity index (χ3n) is 18.7. The summed E-state index contributed by atoms with van der Waals surface area (Å²) in [5, 5.41) is 43.4. The average Bonchev–Trinajstić information content (AvgIpc) is 4.49. The number of amidine groups is 1. The molecule has 0 bridgehead atoms. The highest BCUT2D eigenvalue weighted by Gasteiger charge is 2.67. The molecule has 3 aromatic carbocycles. The Hall–Kier alpha value is -7.48. The first-order valence-electron chi connectivity index (χ1n) is 28.6. The maximum Gasteiger partial charge on any atom is 0.254 e. The lowest BCUT2D eigenvalue weighted by Crippen LogP contribution is -2.82. The molecule has 7 aromatic rings. The molecule has 10 heterocycles. The van der Waals surface area contributed by atoms with Gasteiger partial charge in [0, 0.05) is 97.8 Å². The number of nitrogens with zero attached hydrogens (tertiary/aromatic N) is 10. The number of anilines is 1. The van der Waals surface area contributed by atoms with Gasteiger partial charge in [-0.2, -0.15) is 0 Å². The number of carbonyl (C=O) groups excluding carboxylic acids is 1. The Morgan fingerprint density at radius 2 is 1.59 bits per heavy atom. The minimum absolute atomic E-state index is 0.000793. The topological polar surface area (TPSA) is 207 Å². The number of hydrogen-bond donors (Lipinski definition) is 4. The van der Waals surface area contributed by atoms with Crippen LogP contribution in [0, 0.1) is 11.7 Å². The van der Waals surface area contributed by atoms with E-state index in [4.69, 9.17) is 24.1 Å². The van der Waals surface area contributed by atoms with Crippen molar-refractivity contribution in [3.05, 3.63) is 132 Å². The quantitative estimate of drug-likeness (QED) is 0.0854. The summed E-state index contributed by atoms with van der Waals surface area (Å²) in [6, 6.07) is 26.0. The summed E-state index contributed by atoms with van der Waals surface area (Å²) in [6.45, 7) is 9.91. The molecule has 6 atom stereocenters. The molecule has 1 amide bonds. The number of aliphatic hydroxyl groups excluding tert-OH is 1. The number of ether oxygens (including phenoxy) is 1. The highest BCUT2D eigenvalue weighted by atomic mass is 19.1. The van der Waals surface area contributed by atoms with E-state index in [9.17, 15) is 19.4 Å². The summed E-state index contributed by atoms with van der Waals surface area (Å²) in [4.78, 5) is 43.5. The number of aliphatic hydroxyl groups is 1. The first-order chi connectivity index (χ1) is 38.9. The van der Waals surface area contributed by atoms with E-state index in [1.807, 2.05) is 75.5 Å². The van der Waals surface area contributed by atoms with Crippen molar-refractivity contribution in [2.75, 3.05) is 37.6 Å². The van der Waals surface area contributed by atoms with Crippen LogP contribution >= 0.6 is 0 Å². The van der Waals surface area contributed by atoms with Gasteiger partial charge in [-0.3, -0.25) is 9.69 Å². The number of aromatic hydroxyl groups is 1. The number of oxime groups is 1. The number of para-hydroxylation sites is 1. The minimum Gasteiger partial charge on any atom is -0.507 e. The van der Waals surface area contributed by atoms with E-state index in [0.29, 0.717) is 64.8 Å². The maximum absolute atomic E-state index is 14.5. The van der Waals surface area contributed by atoms with Crippen molar-refractivity contribution in [3.63, 3.8) is 0 Å². The van der Waals surface area contributed by atoms with Gasteiger partial charge in [0.2, 0.25) is 11.6 Å². The molecule has 14 rings (SSSR count). The zero-order chi connectivity index (χ0) is 54.4. The van der Waals surface area contributed by atoms with E-state index in [1.54, 1.807) is 35.2 Å². The lowest BCUT2D eigenvalue weighted by Gasteiger charge is -2.72. The van der Waals surface area contributed by atoms with E-state index >= 15 is 0 Å². The van der Waals surface area contributed by atoms with Crippen molar-refractivity contribution in [3.8, 4) is 34.0 Å². The number of fused-ring (bicyclic) bond motifs is 1. The number of phenolic OH excluding ortho intramolecular Hbond substituents is 1. The third kappa shape index (κ3) is 8.83. The minimum atomic E-state index is -1.04. The molecule has 1 saturated carbocycles. The Labute approximate surface area is 463 Å². The standard InChI is InChI=1S/C61H67FN12O6/c1-35(2)55(58(77)73-34-43(75)24-50(73)57-66-60(3,80-70-57)39-14-12-37(13-15-39)45-8-4-6-10-48(45)62)53-26-54(69-79-53)78-44-18-16-40(17-19-44)71-22-20-36(21-23-71)38-29-64-59(65-30-38)61-27-41-32-72(33-42(28-61)74(41)61)51-31-63-56-47(51)25-49(67-68-56)46-9-5-7-11-52(46)76/h4-15,25-26,29-31,35-36,40-44,50,55,75-76H,16-24,27-28,32-34H2,1-3H3,(H,63,68)(H,66,70)/t40-,41?,42?,43-,44-,50+,55-,60-,61?/m1/s1. The number of piperazine rings is 1. The fourth-order valence-corrected chi connectivity index (χ4v) is 14.6. The van der Waals surface area contributed by atoms with Crippen molar-refractivity contribution in [2.45, 2.75) is 138 Å². The number of likely N-dealkylation sites (tertiary alicyclic amines) is 2. The van der Waals surface area contributed by atoms with Gasteiger partial charge in [0.15, 0.2) is 17.2 Å². The number of H-pyrrole nitrogens is 1. The number of hydrogen-bond acceptors (Lipinski definition) is 16. The molecule has 0 radical (unpaired) electrons. The van der Waals surface area contributed by atoms with E-state index < -0.39 is 23.8 Å². The summed E-state index contributed by atoms with van der Waals surface area (Å²) >= 11 is 0. The van der Waals surface area contributed by atoms with Gasteiger partial charge < -0.3 is 49.3 Å². The van der Waals surface area contributed by atoms with Crippen molar-refractivity contribution >= 4 is 28.5 Å². The lowest BCUT2D eigenvalue weighted by molar-refractivity contribution is -0.216. The number of β-amino-alcohol motifs (C(OH)–C–C–N with tert-alkyl or cyclic N) is 1. The van der Waals surface area contributed by atoms with Crippen LogP contribution in [-0.4, -0.2) is 136 Å². The van der Waals surface area contributed by atoms with Crippen LogP contribution in [0.4, 0.5) is 10.1 Å². The second-order valence-electron chi connectivity index (χ2n) is 23.9. The summed E-state index contributed by atoms with van der Waals surface area (Å²) in [5.74, 6) is 1.58. The predicted octanol–water partition coefficient (Wildman–Crippen LogP) is 8.55. The number of amides is 1. The Morgan fingerprint density at radius 3 is 2.31 bits per heavy atom. The number of rotatable bonds is 13. The number of aromatic nitrogens is 6. The number of benzene rings is 3. The largest absolute Gasteiger partial charge is 0.507 e. The normalized spacial score (nSPS) is 28.2. The molecule has 18 nitrogen and oxygen atoms in total. The lowest BCUT2D eigenvalue weighted by atomic mass is 9.62. The van der Waals surface area contributed by atoms with E-state index in [2.05, 4.69) is 57.9 Å². The van der Waals surface area contributed by atoms with Crippen molar-refractivity contribution in [1.29, 1.82) is 0 Å². The van der Waals surface area contributed by atoms with E-state index in [-0.39, 0.29) is 41.6 Å². The molecule has 0 spiro atoms. The molecule has 7 aliphatic rings. The fourth-order valence-electron chi connectivity index (χ4n) is 14.6. The molecule has 19 heteroatoms. The number of halogens is 1. The molecule has 1 aliphatic carbocycles. The third-order valence-corrected chi connectivity index (χ3v) is 18.7. The van der Waals surface area contributed by atoms with Gasteiger partial charge >= 0.3 is 0 Å². The molecule has 80 heavy (non-hydrogen) atoms. The van der Waals surface area contributed by atoms with E-state index in [0.717, 1.165) is 111 Å². The van der Waals surface area contributed by atoms with Crippen LogP contribution in [0.2, 0.25) is 0 Å². The summed E-state index contributed by atoms with van der Waals surface area (Å²) in [5.41, 5.74) is 5.39. The van der Waals surface area contributed by atoms with Crippen LogP contribution in [0.15, 0.2) is 113 Å². The summed E-state index contributed by atoms with van der Waals surface area (Å²) < 4.78 is 26.9. The average molecular weight is 1080 g/mol. The van der Waals surface area contributed by atoms with Crippen LogP contribution in [-0.2, 0) is 20.9 Å². The zero-order valence-corrected chi connectivity index (χ0v) is 45.3. The van der Waals surface area contributed by atoms with Gasteiger partial charge in [-0.1, -0.05) is 73.6 Å². The summed E-state index contributed by atoms with van der Waals surface area (Å²) in [7, 11) is 0. The zero-order valence-electron chi connectivity index (χ0n) is 45.3. The number of aromatic amines is 1. The van der Waals surface area contributed by atoms with Crippen LogP contribution in [0.1, 0.15) is 113 Å². The molecule has 6 fully saturated rings. The molecule has 5 saturated heterocycles. The van der Waals surface area contributed by atoms with E-state index in [1.165, 1.54) is 11.6 Å². The molecular formula is C61H67FN12O6. The molecular weight excluding hydrogens is 1020 g/mol. The Bertz CT molecular complexity index is 3450. The Kier molecular flexibility index (Phi) is 12.6. The Morgan fingerprint density at radius 1 is 0.863 bits per heavy atom. The van der Waals surface area contributed by atoms with Gasteiger partial charge in [0.1, 0.15) is 29.4 Å². The maximum atomic E-state index is 14.5. The van der Waals surface area contributed by atoms with Crippen LogP contribution in [0.3, 0.4) is 0 Å². The van der Waals surface area contributed by atoms with Gasteiger partial charge in [0.25, 0.3) is 5.88 Å². The Balaban J connectivity index is 0.544. The SMILES string of the molecule is CC(C)[C@@H](C(=O)N1C[C@H](O)C[C@H]1C1=NO[C@](C)(c2ccc(-c3ccccc3F)cc2)N1)c1cc(O[C@H]2CC[C@H](N3CCC(c4cnc(C56CC7CN(c8c[nH]c9nnc(-c%10ccccc%10O)cc89)CC(C5)N76)nc4)CC3)CC2)no1. The smallest absolute Gasteiger partial charge is 0.254 e. The highest BCUT2D eigenvalue weighted by molar-refractivity contribution is 5.95. The van der Waals surface area contributed by atoms with Crippen molar-refractivity contribution in [1.82, 2.24) is 50.3 Å². The van der Waals surface area contributed by atoms with Crippen LogP contribution < -0.4 is 15.0 Å². The van der Waals surface area contributed by atoms with Gasteiger partial charge in [-0.25, -0.2) is 14.4 Å². The van der Waals surface area contributed by atoms with Crippen LogP contribution in [0.25, 0.3) is 33.4 Å². The number of phenols is 1.